The molecule has 0 aromatic carbocycles. The smallest absolute Gasteiger partial charge is 0.326 e. The molecule has 18 heavy (non-hydrogen) atoms. The number of likely N-dealkylation sites (N-methyl/N-ethyl adjacent to an activating group) is 1. The van der Waals surface area contributed by atoms with Gasteiger partial charge in [-0.3, -0.25) is 4.79 Å². The van der Waals surface area contributed by atoms with E-state index in [9.17, 15) is 4.79 Å². The summed E-state index contributed by atoms with van der Waals surface area (Å²) in [7, 11) is 1.67. The highest BCUT2D eigenvalue weighted by molar-refractivity contribution is 5.75. The normalized spacial score (nSPS) is 10.6. The van der Waals surface area contributed by atoms with E-state index in [4.69, 9.17) is 11.3 Å². The maximum atomic E-state index is 11.6. The van der Waals surface area contributed by atoms with Crippen LogP contribution < -0.4 is 4.90 Å². The van der Waals surface area contributed by atoms with Gasteiger partial charge >= 0.3 is 11.9 Å². The lowest BCUT2D eigenvalue weighted by Crippen LogP contribution is -2.33. The summed E-state index contributed by atoms with van der Waals surface area (Å²) >= 11 is 0. The molecule has 0 unspecified atom stereocenters. The highest BCUT2D eigenvalue weighted by Crippen LogP contribution is 2.12. The molecular weight excluding hydrogens is 232 g/mol. The van der Waals surface area contributed by atoms with E-state index in [1.165, 1.54) is 12.3 Å². The van der Waals surface area contributed by atoms with Crippen molar-refractivity contribution >= 4 is 17.7 Å². The number of esters is 1. The Morgan fingerprint density at radius 2 is 2.22 bits per heavy atom. The van der Waals surface area contributed by atoms with Crippen molar-refractivity contribution in [1.29, 1.82) is 0 Å². The van der Waals surface area contributed by atoms with Gasteiger partial charge in [0.05, 0.1) is 0 Å². The van der Waals surface area contributed by atoms with Crippen LogP contribution in [0.1, 0.15) is 20.8 Å². The third kappa shape index (κ3) is 4.37. The zero-order valence-electron chi connectivity index (χ0n) is 11.0. The fourth-order valence-corrected chi connectivity index (χ4v) is 1.22. The van der Waals surface area contributed by atoms with E-state index in [-0.39, 0.29) is 18.3 Å². The second-order valence-electron chi connectivity index (χ2n) is 4.77. The quantitative estimate of drug-likeness (QED) is 0.603. The molecule has 6 heteroatoms. The first-order valence-electron chi connectivity index (χ1n) is 5.45. The lowest BCUT2D eigenvalue weighted by atomic mass is 10.2. The van der Waals surface area contributed by atoms with Crippen molar-refractivity contribution in [2.24, 2.45) is 0 Å². The number of hydrogen-bond acceptors (Lipinski definition) is 5. The second kappa shape index (κ2) is 5.45. The minimum atomic E-state index is -0.517. The Balaban J connectivity index is 2.68. The molecule has 1 aromatic heterocycles. The van der Waals surface area contributed by atoms with E-state index in [1.807, 2.05) is 0 Å². The molecule has 1 rings (SSSR count). The van der Waals surface area contributed by atoms with Gasteiger partial charge in [0.1, 0.15) is 12.1 Å². The van der Waals surface area contributed by atoms with Gasteiger partial charge in [-0.2, -0.15) is 0 Å². The van der Waals surface area contributed by atoms with Gasteiger partial charge in [0.15, 0.2) is 0 Å². The van der Waals surface area contributed by atoms with Crippen LogP contribution >= 0.6 is 0 Å². The summed E-state index contributed by atoms with van der Waals surface area (Å²) in [5.74, 6) is 0.215. The van der Waals surface area contributed by atoms with Crippen LogP contribution in [0, 0.1) is 6.57 Å². The number of carbonyl (C=O) groups is 1. The van der Waals surface area contributed by atoms with Crippen molar-refractivity contribution in [3.8, 4) is 0 Å². The summed E-state index contributed by atoms with van der Waals surface area (Å²) in [6, 6.07) is 1.51. The van der Waals surface area contributed by atoms with Crippen molar-refractivity contribution in [1.82, 2.24) is 9.97 Å². The van der Waals surface area contributed by atoms with E-state index in [1.54, 1.807) is 32.7 Å². The highest BCUT2D eigenvalue weighted by atomic mass is 16.6. The second-order valence-corrected chi connectivity index (χ2v) is 4.77. The van der Waals surface area contributed by atoms with Gasteiger partial charge in [-0.25, -0.2) is 4.98 Å². The molecule has 0 aliphatic carbocycles. The van der Waals surface area contributed by atoms with Gasteiger partial charge < -0.3 is 14.5 Å². The molecule has 0 amide bonds. The Hall–Kier alpha value is -2.16. The molecule has 96 valence electrons. The zero-order valence-corrected chi connectivity index (χ0v) is 11.0. The van der Waals surface area contributed by atoms with Gasteiger partial charge in [0.25, 0.3) is 5.82 Å². The molecule has 0 radical (unpaired) electrons. The Morgan fingerprint density at radius 3 is 2.78 bits per heavy atom. The first kappa shape index (κ1) is 13.9. The van der Waals surface area contributed by atoms with Crippen LogP contribution in [0.5, 0.6) is 0 Å². The summed E-state index contributed by atoms with van der Waals surface area (Å²) in [6.07, 6.45) is 1.49. The first-order chi connectivity index (χ1) is 8.31. The summed E-state index contributed by atoms with van der Waals surface area (Å²) < 4.78 is 5.19. The van der Waals surface area contributed by atoms with Crippen LogP contribution in [0.3, 0.4) is 0 Å². The van der Waals surface area contributed by atoms with E-state index >= 15 is 0 Å². The molecule has 0 atom stereocenters. The minimum Gasteiger partial charge on any atom is -0.459 e. The molecule has 6 nitrogen and oxygen atoms in total. The predicted octanol–water partition coefficient (Wildman–Crippen LogP) is 1.81. The standard InChI is InChI=1S/C12H16N4O2/c1-12(2,3)18-10(17)8-16(5)11-14-7-6-9(13-4)15-11/h6-7H,8H2,1-3,5H3. The van der Waals surface area contributed by atoms with Crippen molar-refractivity contribution < 1.29 is 9.53 Å². The number of aromatic nitrogens is 2. The zero-order chi connectivity index (χ0) is 13.8. The Kier molecular flexibility index (Phi) is 4.21. The molecule has 1 heterocycles. The van der Waals surface area contributed by atoms with Crippen LogP contribution in [0.15, 0.2) is 12.3 Å². The molecule has 0 aliphatic heterocycles. The lowest BCUT2D eigenvalue weighted by molar-refractivity contribution is -0.152. The van der Waals surface area contributed by atoms with E-state index in [0.29, 0.717) is 5.95 Å². The van der Waals surface area contributed by atoms with E-state index < -0.39 is 5.60 Å². The molecule has 1 aromatic rings. The largest absolute Gasteiger partial charge is 0.459 e. The van der Waals surface area contributed by atoms with Gasteiger partial charge in [0.2, 0.25) is 0 Å². The molecule has 0 saturated heterocycles. The SMILES string of the molecule is [C-]#[N+]c1ccnc(N(C)CC(=O)OC(C)(C)C)n1. The molecule has 0 bridgehead atoms. The van der Waals surface area contributed by atoms with E-state index in [2.05, 4.69) is 14.8 Å². The molecule has 0 aliphatic rings. The minimum absolute atomic E-state index is 0.0404. The number of carbonyl (C=O) groups excluding carboxylic acids is 1. The van der Waals surface area contributed by atoms with Gasteiger partial charge in [-0.15, -0.1) is 0 Å². The van der Waals surface area contributed by atoms with Crippen molar-refractivity contribution in [3.63, 3.8) is 0 Å². The van der Waals surface area contributed by atoms with Crippen LogP contribution in [0.2, 0.25) is 0 Å². The molecule has 0 fully saturated rings. The number of nitrogens with zero attached hydrogens (tertiary/aromatic N) is 4. The maximum absolute atomic E-state index is 11.6. The van der Waals surface area contributed by atoms with Crippen LogP contribution in [-0.4, -0.2) is 35.1 Å². The fourth-order valence-electron chi connectivity index (χ4n) is 1.22. The summed E-state index contributed by atoms with van der Waals surface area (Å²) in [6.45, 7) is 12.3. The molecule has 0 spiro atoms. The third-order valence-corrected chi connectivity index (χ3v) is 1.87. The first-order valence-corrected chi connectivity index (χ1v) is 5.45. The number of rotatable bonds is 3. The van der Waals surface area contributed by atoms with Gasteiger partial charge in [-0.1, -0.05) is 11.6 Å². The van der Waals surface area contributed by atoms with Crippen molar-refractivity contribution in [3.05, 3.63) is 23.7 Å². The summed E-state index contributed by atoms with van der Waals surface area (Å²) in [5.41, 5.74) is -0.517. The Labute approximate surface area is 106 Å². The average molecular weight is 248 g/mol. The van der Waals surface area contributed by atoms with E-state index in [0.717, 1.165) is 0 Å². The van der Waals surface area contributed by atoms with Gasteiger partial charge in [-0.05, 0) is 26.8 Å². The summed E-state index contributed by atoms with van der Waals surface area (Å²) in [5, 5.41) is 0. The fraction of sp³-hybridized carbons (Fsp3) is 0.500. The van der Waals surface area contributed by atoms with Crippen LogP contribution in [0.4, 0.5) is 11.8 Å². The number of ether oxygens (including phenoxy) is 1. The topological polar surface area (TPSA) is 59.7 Å². The van der Waals surface area contributed by atoms with Crippen LogP contribution in [0.25, 0.3) is 4.85 Å². The Morgan fingerprint density at radius 1 is 1.56 bits per heavy atom. The summed E-state index contributed by atoms with van der Waals surface area (Å²) in [4.78, 5) is 24.4. The molecule has 0 N–H and O–H groups in total. The average Bonchev–Trinajstić information content (AvgIpc) is 2.26. The van der Waals surface area contributed by atoms with Crippen molar-refractivity contribution in [2.45, 2.75) is 26.4 Å². The number of anilines is 1. The predicted molar refractivity (Wildman–Crippen MR) is 67.4 cm³/mol. The maximum Gasteiger partial charge on any atom is 0.326 e. The van der Waals surface area contributed by atoms with Crippen molar-refractivity contribution in [2.75, 3.05) is 18.5 Å². The molecule has 0 saturated carbocycles. The van der Waals surface area contributed by atoms with Gasteiger partial charge in [0, 0.05) is 13.2 Å². The third-order valence-electron chi connectivity index (χ3n) is 1.87. The number of hydrogen-bond donors (Lipinski definition) is 0. The monoisotopic (exact) mass is 248 g/mol. The van der Waals surface area contributed by atoms with Crippen LogP contribution in [-0.2, 0) is 9.53 Å². The highest BCUT2D eigenvalue weighted by Gasteiger charge is 2.19. The Bertz CT molecular complexity index is 474. The molecular formula is C12H16N4O2. The lowest BCUT2D eigenvalue weighted by Gasteiger charge is -2.21.